The van der Waals surface area contributed by atoms with E-state index in [1.165, 1.54) is 0 Å². The summed E-state index contributed by atoms with van der Waals surface area (Å²) in [6.45, 7) is 9.69. The van der Waals surface area contributed by atoms with E-state index in [2.05, 4.69) is 51.7 Å². The minimum atomic E-state index is 0.382. The molecule has 0 fully saturated rings. The van der Waals surface area contributed by atoms with Gasteiger partial charge in [0.05, 0.1) is 0 Å². The first-order valence-corrected chi connectivity index (χ1v) is 4.37. The average molecular weight is 148 g/mol. The molecular weight excluding hydrogens is 131 g/mol. The highest BCUT2D eigenvalue weighted by Gasteiger charge is 2.21. The molecule has 0 bridgehead atoms. The van der Waals surface area contributed by atoms with Gasteiger partial charge in [-0.25, -0.2) is 0 Å². The Labute approximate surface area is 70.5 Å². The van der Waals surface area contributed by atoms with Crippen LogP contribution in [0, 0.1) is 11.3 Å². The zero-order chi connectivity index (χ0) is 8.48. The number of rotatable bonds is 0. The fourth-order valence-corrected chi connectivity index (χ4v) is 1.30. The monoisotopic (exact) mass is 148 g/mol. The van der Waals surface area contributed by atoms with E-state index in [4.69, 9.17) is 0 Å². The molecule has 0 atom stereocenters. The summed E-state index contributed by atoms with van der Waals surface area (Å²) in [7, 11) is 0. The van der Waals surface area contributed by atoms with Crippen molar-refractivity contribution in [1.29, 1.82) is 0 Å². The van der Waals surface area contributed by atoms with E-state index in [0.717, 1.165) is 0 Å². The van der Waals surface area contributed by atoms with Gasteiger partial charge in [0.2, 0.25) is 0 Å². The normalized spacial score (nSPS) is 19.5. The largest absolute Gasteiger partial charge is 0.188 e. The number of hydrogen-bond acceptors (Lipinski definition) is 0. The summed E-state index contributed by atoms with van der Waals surface area (Å²) in [5.74, 6) is 5.20. The molecular formula is C10H17B. The first kappa shape index (κ1) is 8.64. The van der Waals surface area contributed by atoms with E-state index in [1.807, 2.05) is 0 Å². The molecule has 1 heteroatoms. The first-order valence-electron chi connectivity index (χ1n) is 4.37. The Hall–Kier alpha value is -0.455. The summed E-state index contributed by atoms with van der Waals surface area (Å²) in [4.78, 5) is 0. The van der Waals surface area contributed by atoms with Crippen molar-refractivity contribution in [2.24, 2.45) is 11.3 Å². The molecule has 0 aromatic rings. The van der Waals surface area contributed by atoms with E-state index < -0.39 is 0 Å². The van der Waals surface area contributed by atoms with Crippen molar-refractivity contribution >= 4 is 6.71 Å². The lowest BCUT2D eigenvalue weighted by molar-refractivity contribution is 0.343. The van der Waals surface area contributed by atoms with E-state index in [9.17, 15) is 0 Å². The first-order chi connectivity index (χ1) is 5.00. The smallest absolute Gasteiger partial charge is 0.114 e. The third kappa shape index (κ3) is 2.25. The van der Waals surface area contributed by atoms with Gasteiger partial charge >= 0.3 is 0 Å². The van der Waals surface area contributed by atoms with Crippen molar-refractivity contribution in [1.82, 2.24) is 0 Å². The fourth-order valence-electron chi connectivity index (χ4n) is 1.30. The van der Waals surface area contributed by atoms with Crippen molar-refractivity contribution < 1.29 is 0 Å². The van der Waals surface area contributed by atoms with Crippen LogP contribution in [0.3, 0.4) is 0 Å². The van der Waals surface area contributed by atoms with Gasteiger partial charge < -0.3 is 0 Å². The number of hydrogen-bond donors (Lipinski definition) is 0. The zero-order valence-electron chi connectivity index (χ0n) is 7.96. The average Bonchev–Trinajstić information content (AvgIpc) is 1.86. The van der Waals surface area contributed by atoms with Crippen LogP contribution >= 0.6 is 0 Å². The quantitative estimate of drug-likeness (QED) is 0.463. The van der Waals surface area contributed by atoms with Gasteiger partial charge in [0.15, 0.2) is 6.71 Å². The van der Waals surface area contributed by atoms with Gasteiger partial charge in [-0.15, -0.1) is 12.0 Å². The lowest BCUT2D eigenvalue weighted by atomic mass is 9.49. The van der Waals surface area contributed by atoms with Gasteiger partial charge in [-0.05, 0) is 11.3 Å². The van der Waals surface area contributed by atoms with Crippen molar-refractivity contribution in [2.75, 3.05) is 0 Å². The van der Waals surface area contributed by atoms with Gasteiger partial charge in [0.1, 0.15) is 0 Å². The number of allylic oxidation sites excluding steroid dienone is 2. The van der Waals surface area contributed by atoms with Crippen LogP contribution < -0.4 is 0 Å². The minimum Gasteiger partial charge on any atom is -0.114 e. The van der Waals surface area contributed by atoms with Crippen LogP contribution in [-0.2, 0) is 0 Å². The summed E-state index contributed by atoms with van der Waals surface area (Å²) in [5, 5.41) is 0. The van der Waals surface area contributed by atoms with Crippen LogP contribution in [0.1, 0.15) is 20.8 Å². The van der Waals surface area contributed by atoms with Crippen molar-refractivity contribution in [3.05, 3.63) is 24.1 Å². The van der Waals surface area contributed by atoms with Crippen LogP contribution in [0.2, 0.25) is 6.82 Å². The highest BCUT2D eigenvalue weighted by molar-refractivity contribution is 6.68. The lowest BCUT2D eigenvalue weighted by Gasteiger charge is -2.27. The van der Waals surface area contributed by atoms with Crippen molar-refractivity contribution in [2.45, 2.75) is 27.6 Å². The Morgan fingerprint density at radius 1 is 1.09 bits per heavy atom. The predicted octanol–water partition coefficient (Wildman–Crippen LogP) is 2.98. The summed E-state index contributed by atoms with van der Waals surface area (Å²) >= 11 is 0. The predicted molar refractivity (Wildman–Crippen MR) is 52.8 cm³/mol. The van der Waals surface area contributed by atoms with Gasteiger partial charge in [-0.2, -0.15) is 0 Å². The molecule has 1 rings (SSSR count). The molecule has 0 radical (unpaired) electrons. The van der Waals surface area contributed by atoms with E-state index in [0.29, 0.717) is 18.0 Å². The lowest BCUT2D eigenvalue weighted by Crippen LogP contribution is -2.20. The third-order valence-electron chi connectivity index (χ3n) is 2.24. The Morgan fingerprint density at radius 3 is 1.91 bits per heavy atom. The maximum absolute atomic E-state index is 2.32. The maximum atomic E-state index is 2.32. The zero-order valence-corrected chi connectivity index (χ0v) is 7.96. The molecule has 0 unspecified atom stereocenters. The van der Waals surface area contributed by atoms with Crippen LogP contribution in [0.25, 0.3) is 0 Å². The molecule has 0 nitrogen and oxygen atoms in total. The summed E-state index contributed by atoms with van der Waals surface area (Å²) in [6, 6.07) is 0. The van der Waals surface area contributed by atoms with Crippen LogP contribution in [0.15, 0.2) is 24.1 Å². The minimum absolute atomic E-state index is 0.382. The van der Waals surface area contributed by atoms with Crippen LogP contribution in [0.4, 0.5) is 0 Å². The highest BCUT2D eigenvalue weighted by Crippen LogP contribution is 2.29. The molecule has 0 saturated carbocycles. The van der Waals surface area contributed by atoms with Gasteiger partial charge in [-0.3, -0.25) is 0 Å². The van der Waals surface area contributed by atoms with E-state index >= 15 is 0 Å². The second kappa shape index (κ2) is 2.88. The van der Waals surface area contributed by atoms with Crippen molar-refractivity contribution in [3.63, 3.8) is 0 Å². The fraction of sp³-hybridized carbons (Fsp3) is 0.600. The van der Waals surface area contributed by atoms with Gasteiger partial charge in [0.25, 0.3) is 0 Å². The molecule has 0 N–H and O–H groups in total. The van der Waals surface area contributed by atoms with E-state index in [1.54, 1.807) is 0 Å². The van der Waals surface area contributed by atoms with Crippen molar-refractivity contribution in [3.8, 4) is 0 Å². The standard InChI is InChI=1S/C10H17B/c1-10(2,3)9-5-7-11(4)8-6-9/h5-9H,1-4H3. The molecule has 0 aromatic heterocycles. The molecule has 0 aromatic carbocycles. The molecule has 1 aliphatic rings. The summed E-state index contributed by atoms with van der Waals surface area (Å²) in [6.07, 6.45) is 4.65. The van der Waals surface area contributed by atoms with Gasteiger partial charge in [-0.1, -0.05) is 39.7 Å². The molecule has 0 aliphatic carbocycles. The summed E-state index contributed by atoms with van der Waals surface area (Å²) in [5.41, 5.74) is 0.382. The Bertz CT molecular complexity index is 170. The van der Waals surface area contributed by atoms with E-state index in [-0.39, 0.29) is 0 Å². The molecule has 0 saturated heterocycles. The summed E-state index contributed by atoms with van der Waals surface area (Å²) < 4.78 is 0. The molecule has 60 valence electrons. The Morgan fingerprint density at radius 2 is 1.55 bits per heavy atom. The maximum Gasteiger partial charge on any atom is 0.188 e. The third-order valence-corrected chi connectivity index (χ3v) is 2.24. The topological polar surface area (TPSA) is 0 Å². The Kier molecular flexibility index (Phi) is 2.27. The molecule has 11 heavy (non-hydrogen) atoms. The van der Waals surface area contributed by atoms with Gasteiger partial charge in [0, 0.05) is 0 Å². The highest BCUT2D eigenvalue weighted by atomic mass is 14.2. The molecule has 0 amide bonds. The second-order valence-corrected chi connectivity index (χ2v) is 4.52. The Balaban J connectivity index is 2.66. The molecule has 1 aliphatic heterocycles. The molecule has 1 heterocycles. The second-order valence-electron chi connectivity index (χ2n) is 4.52. The van der Waals surface area contributed by atoms with Crippen LogP contribution in [-0.4, -0.2) is 6.71 Å². The molecule has 0 spiro atoms. The SMILES string of the molecule is CB1C=CC(C(C)(C)C)C=C1. The van der Waals surface area contributed by atoms with Crippen LogP contribution in [0.5, 0.6) is 0 Å².